The van der Waals surface area contributed by atoms with Gasteiger partial charge < -0.3 is 24.4 Å². The van der Waals surface area contributed by atoms with E-state index >= 15 is 0 Å². The van der Waals surface area contributed by atoms with Gasteiger partial charge in [0, 0.05) is 17.4 Å². The smallest absolute Gasteiger partial charge is 0.312 e. The van der Waals surface area contributed by atoms with Gasteiger partial charge in [0.2, 0.25) is 11.8 Å². The summed E-state index contributed by atoms with van der Waals surface area (Å²) in [4.78, 5) is 44.7. The fourth-order valence-corrected chi connectivity index (χ4v) is 7.73. The van der Waals surface area contributed by atoms with Crippen LogP contribution in [0.15, 0.2) is 25.3 Å². The quantitative estimate of drug-likeness (QED) is 0.179. The van der Waals surface area contributed by atoms with Crippen molar-refractivity contribution in [2.45, 2.75) is 92.9 Å². The Bertz CT molecular complexity index is 876. The Morgan fingerprint density at radius 1 is 1.31 bits per heavy atom. The van der Waals surface area contributed by atoms with Crippen molar-refractivity contribution < 1.29 is 29.0 Å². The fourth-order valence-electron chi connectivity index (χ4n) is 6.78. The average Bonchev–Trinajstić information content (AvgIpc) is 3.48. The summed E-state index contributed by atoms with van der Waals surface area (Å²) in [5.41, 5.74) is -1.14. The number of amides is 2. The predicted octanol–water partition coefficient (Wildman–Crippen LogP) is 2.97. The maximum absolute atomic E-state index is 14.3. The molecule has 7 atom stereocenters. The van der Waals surface area contributed by atoms with Gasteiger partial charge >= 0.3 is 5.97 Å². The highest BCUT2D eigenvalue weighted by molar-refractivity contribution is 9.09. The van der Waals surface area contributed by atoms with Crippen molar-refractivity contribution in [3.05, 3.63) is 25.3 Å². The second kappa shape index (κ2) is 11.4. The van der Waals surface area contributed by atoms with Crippen LogP contribution in [0.2, 0.25) is 0 Å². The van der Waals surface area contributed by atoms with Crippen LogP contribution in [0, 0.1) is 11.8 Å². The number of likely N-dealkylation sites (tertiary alicyclic amines) is 1. The molecule has 8 nitrogen and oxygen atoms in total. The number of rotatable bonds is 11. The molecule has 9 heteroatoms. The largest absolute Gasteiger partial charge is 0.465 e. The van der Waals surface area contributed by atoms with Crippen molar-refractivity contribution in [1.29, 1.82) is 0 Å². The number of aliphatic hydroxyl groups excluding tert-OH is 1. The molecular weight excluding hydrogens is 528 g/mol. The molecule has 0 aromatic rings. The fraction of sp³-hybridized carbons (Fsp3) is 0.741. The lowest BCUT2D eigenvalue weighted by atomic mass is 9.70. The van der Waals surface area contributed by atoms with E-state index in [9.17, 15) is 19.5 Å². The minimum atomic E-state index is -1.14. The molecule has 1 saturated carbocycles. The van der Waals surface area contributed by atoms with E-state index in [0.717, 1.165) is 38.5 Å². The van der Waals surface area contributed by atoms with Crippen molar-refractivity contribution >= 4 is 33.7 Å². The number of unbranched alkanes of at least 4 members (excludes halogenated alkanes) is 1. The summed E-state index contributed by atoms with van der Waals surface area (Å²) in [7, 11) is 0. The summed E-state index contributed by atoms with van der Waals surface area (Å²) in [5, 5.41) is 10.0. The maximum atomic E-state index is 14.3. The van der Waals surface area contributed by atoms with E-state index in [2.05, 4.69) is 29.1 Å². The SMILES string of the molecule is C=CCCCOC(=O)[C@H]1[C@@H]2OC3(CC2Br)C(C(=O)N(CC=C)C2CCCCC2)N([C@H](C)CO)C(=O)[C@H]13. The number of nitrogens with zero attached hydrogens (tertiary/aromatic N) is 2. The summed E-state index contributed by atoms with van der Waals surface area (Å²) >= 11 is 3.68. The highest BCUT2D eigenvalue weighted by atomic mass is 79.9. The zero-order valence-electron chi connectivity index (χ0n) is 21.1. The van der Waals surface area contributed by atoms with Crippen molar-refractivity contribution in [2.24, 2.45) is 11.8 Å². The molecule has 2 amide bonds. The molecule has 0 aromatic carbocycles. The van der Waals surface area contributed by atoms with E-state index in [1.165, 1.54) is 4.90 Å². The van der Waals surface area contributed by atoms with Crippen LogP contribution < -0.4 is 0 Å². The topological polar surface area (TPSA) is 96.4 Å². The average molecular weight is 568 g/mol. The highest BCUT2D eigenvalue weighted by Crippen LogP contribution is 2.60. The third-order valence-electron chi connectivity index (χ3n) is 8.39. The Morgan fingerprint density at radius 3 is 2.67 bits per heavy atom. The summed E-state index contributed by atoms with van der Waals surface area (Å²) in [6.45, 7) is 9.62. The molecular formula is C27H39BrN2O6. The molecule has 0 aromatic heterocycles. The number of carbonyl (C=O) groups is 3. The number of alkyl halides is 1. The summed E-state index contributed by atoms with van der Waals surface area (Å²) in [6, 6.07) is -1.43. The summed E-state index contributed by atoms with van der Waals surface area (Å²) in [5.74, 6) is -2.57. The predicted molar refractivity (Wildman–Crippen MR) is 138 cm³/mol. The normalized spacial score (nSPS) is 34.4. The van der Waals surface area contributed by atoms with Gasteiger partial charge in [-0.15, -0.1) is 13.2 Å². The molecule has 1 N–H and O–H groups in total. The van der Waals surface area contributed by atoms with Crippen LogP contribution in [0.5, 0.6) is 0 Å². The first-order valence-electron chi connectivity index (χ1n) is 13.3. The molecule has 3 saturated heterocycles. The highest BCUT2D eigenvalue weighted by Gasteiger charge is 2.77. The molecule has 4 rings (SSSR count). The second-order valence-electron chi connectivity index (χ2n) is 10.6. The van der Waals surface area contributed by atoms with Gasteiger partial charge in [-0.05, 0) is 39.0 Å². The van der Waals surface area contributed by atoms with E-state index in [-0.39, 0.29) is 35.9 Å². The molecule has 36 heavy (non-hydrogen) atoms. The van der Waals surface area contributed by atoms with Crippen molar-refractivity contribution in [3.63, 3.8) is 0 Å². The van der Waals surface area contributed by atoms with Crippen LogP contribution in [-0.4, -0.2) is 87.1 Å². The van der Waals surface area contributed by atoms with E-state index in [0.29, 0.717) is 19.4 Å². The number of esters is 1. The van der Waals surface area contributed by atoms with Crippen LogP contribution in [0.4, 0.5) is 0 Å². The van der Waals surface area contributed by atoms with Gasteiger partial charge in [0.25, 0.3) is 0 Å². The van der Waals surface area contributed by atoms with Gasteiger partial charge in [-0.3, -0.25) is 14.4 Å². The van der Waals surface area contributed by atoms with Crippen LogP contribution >= 0.6 is 15.9 Å². The number of hydrogen-bond donors (Lipinski definition) is 1. The van der Waals surface area contributed by atoms with Gasteiger partial charge in [0.15, 0.2) is 0 Å². The lowest BCUT2D eigenvalue weighted by Crippen LogP contribution is -2.60. The van der Waals surface area contributed by atoms with Gasteiger partial charge in [-0.25, -0.2) is 0 Å². The molecule has 3 heterocycles. The number of allylic oxidation sites excluding steroid dienone is 1. The van der Waals surface area contributed by atoms with Crippen LogP contribution in [0.25, 0.3) is 0 Å². The van der Waals surface area contributed by atoms with Crippen molar-refractivity contribution in [3.8, 4) is 0 Å². The first-order chi connectivity index (χ1) is 17.3. The Labute approximate surface area is 222 Å². The maximum Gasteiger partial charge on any atom is 0.312 e. The van der Waals surface area contributed by atoms with E-state index in [1.807, 2.05) is 4.90 Å². The van der Waals surface area contributed by atoms with Gasteiger partial charge in [0.05, 0.1) is 37.2 Å². The van der Waals surface area contributed by atoms with Gasteiger partial charge in [-0.1, -0.05) is 47.3 Å². The number of aliphatic hydroxyl groups is 1. The molecule has 1 spiro atoms. The summed E-state index contributed by atoms with van der Waals surface area (Å²) < 4.78 is 12.1. The Kier molecular flexibility index (Phi) is 8.62. The first kappa shape index (κ1) is 27.3. The second-order valence-corrected chi connectivity index (χ2v) is 11.8. The standard InChI is InChI=1S/C27H39BrN2O6/c1-4-6-10-14-35-26(34)20-21-24(32)30(17(3)16-31)23(27(21)15-19(28)22(20)36-27)25(33)29(13-5-2)18-11-8-7-9-12-18/h4-5,17-23,31H,1-2,6-16H2,3H3/t17-,19?,20-,21+,22-,23?,27?/m1/s1. The number of carbonyl (C=O) groups excluding carboxylic acids is 3. The van der Waals surface area contributed by atoms with Crippen molar-refractivity contribution in [1.82, 2.24) is 9.80 Å². The van der Waals surface area contributed by atoms with Gasteiger partial charge in [0.1, 0.15) is 11.6 Å². The molecule has 3 aliphatic heterocycles. The van der Waals surface area contributed by atoms with Crippen molar-refractivity contribution in [2.75, 3.05) is 19.8 Å². The zero-order valence-corrected chi connectivity index (χ0v) is 22.7. The third-order valence-corrected chi connectivity index (χ3v) is 9.24. The molecule has 4 aliphatic rings. The van der Waals surface area contributed by atoms with Gasteiger partial charge in [-0.2, -0.15) is 0 Å². The van der Waals surface area contributed by atoms with E-state index in [1.54, 1.807) is 19.1 Å². The molecule has 1 aliphatic carbocycles. The number of ether oxygens (including phenoxy) is 2. The molecule has 3 unspecified atom stereocenters. The molecule has 4 fully saturated rings. The number of halogens is 1. The Morgan fingerprint density at radius 2 is 2.03 bits per heavy atom. The van der Waals surface area contributed by atoms with Crippen LogP contribution in [-0.2, 0) is 23.9 Å². The molecule has 200 valence electrons. The lowest BCUT2D eigenvalue weighted by Gasteiger charge is -2.42. The lowest BCUT2D eigenvalue weighted by molar-refractivity contribution is -0.156. The third kappa shape index (κ3) is 4.56. The monoisotopic (exact) mass is 566 g/mol. The van der Waals surface area contributed by atoms with Crippen LogP contribution in [0.1, 0.15) is 58.3 Å². The summed E-state index contributed by atoms with van der Waals surface area (Å²) in [6.07, 6.45) is 9.86. The zero-order chi connectivity index (χ0) is 26.0. The van der Waals surface area contributed by atoms with E-state index < -0.39 is 41.6 Å². The minimum absolute atomic E-state index is 0.0741. The number of fused-ring (bicyclic) bond motifs is 1. The van der Waals surface area contributed by atoms with E-state index in [4.69, 9.17) is 9.47 Å². The first-order valence-corrected chi connectivity index (χ1v) is 14.2. The van der Waals surface area contributed by atoms with Crippen LogP contribution in [0.3, 0.4) is 0 Å². The Balaban J connectivity index is 1.69. The molecule has 0 radical (unpaired) electrons. The molecule has 2 bridgehead atoms. The number of hydrogen-bond acceptors (Lipinski definition) is 6. The minimum Gasteiger partial charge on any atom is -0.465 e. The Hall–Kier alpha value is -1.71.